The number of pyridine rings is 1. The second-order valence-corrected chi connectivity index (χ2v) is 7.55. The first-order valence-electron chi connectivity index (χ1n) is 9.13. The highest BCUT2D eigenvalue weighted by atomic mass is 35.5. The van der Waals surface area contributed by atoms with Gasteiger partial charge in [0.15, 0.2) is 0 Å². The van der Waals surface area contributed by atoms with Crippen LogP contribution in [-0.4, -0.2) is 10.9 Å². The number of fused-ring (bicyclic) bond motifs is 2. The van der Waals surface area contributed by atoms with Crippen molar-refractivity contribution in [3.8, 4) is 0 Å². The number of hydrogen-bond donors (Lipinski definition) is 1. The Balaban J connectivity index is 1.77. The van der Waals surface area contributed by atoms with Crippen LogP contribution < -0.4 is 10.9 Å². The van der Waals surface area contributed by atoms with Gasteiger partial charge in [-0.1, -0.05) is 11.6 Å². The van der Waals surface area contributed by atoms with Gasteiger partial charge in [0.05, 0.1) is 17.0 Å². The third kappa shape index (κ3) is 3.29. The van der Waals surface area contributed by atoms with Crippen molar-refractivity contribution < 1.29 is 13.6 Å². The zero-order chi connectivity index (χ0) is 20.9. The van der Waals surface area contributed by atoms with Crippen LogP contribution in [0.4, 0.5) is 5.82 Å². The lowest BCUT2D eigenvalue weighted by Crippen LogP contribution is -2.21. The van der Waals surface area contributed by atoms with Crippen LogP contribution in [0.1, 0.15) is 28.0 Å². The minimum absolute atomic E-state index is 0.116. The number of carbonyl (C=O) groups excluding carboxylic acids is 1. The fourth-order valence-corrected chi connectivity index (χ4v) is 3.61. The van der Waals surface area contributed by atoms with Crippen LogP contribution in [0.15, 0.2) is 38.0 Å². The monoisotopic (exact) mass is 410 g/mol. The van der Waals surface area contributed by atoms with Gasteiger partial charge in [0, 0.05) is 22.5 Å². The number of carbonyl (C=O) groups is 1. The van der Waals surface area contributed by atoms with Crippen molar-refractivity contribution in [2.75, 3.05) is 5.32 Å². The molecule has 0 saturated carbocycles. The minimum Gasteiger partial charge on any atom is -0.461 e. The minimum atomic E-state index is -0.531. The molecule has 3 heterocycles. The number of anilines is 1. The Bertz CT molecular complexity index is 1330. The third-order valence-corrected chi connectivity index (χ3v) is 5.50. The summed E-state index contributed by atoms with van der Waals surface area (Å²) in [5.74, 6) is 0.834. The first-order chi connectivity index (χ1) is 13.8. The van der Waals surface area contributed by atoms with Crippen molar-refractivity contribution in [2.24, 2.45) is 0 Å². The molecular formula is C22H19ClN2O4. The van der Waals surface area contributed by atoms with Crippen molar-refractivity contribution in [3.63, 3.8) is 0 Å². The van der Waals surface area contributed by atoms with E-state index in [9.17, 15) is 9.59 Å². The molecule has 6 nitrogen and oxygen atoms in total. The van der Waals surface area contributed by atoms with E-state index in [-0.39, 0.29) is 12.3 Å². The van der Waals surface area contributed by atoms with Gasteiger partial charge in [-0.2, -0.15) is 0 Å². The number of rotatable bonds is 3. The fourth-order valence-electron chi connectivity index (χ4n) is 3.49. The Morgan fingerprint density at radius 1 is 1.03 bits per heavy atom. The maximum Gasteiger partial charge on any atom is 0.340 e. The van der Waals surface area contributed by atoms with E-state index < -0.39 is 5.63 Å². The average molecular weight is 411 g/mol. The van der Waals surface area contributed by atoms with Crippen LogP contribution in [0.25, 0.3) is 21.9 Å². The van der Waals surface area contributed by atoms with E-state index in [1.807, 2.05) is 33.8 Å². The molecule has 29 heavy (non-hydrogen) atoms. The van der Waals surface area contributed by atoms with E-state index in [1.165, 1.54) is 6.20 Å². The van der Waals surface area contributed by atoms with Crippen LogP contribution >= 0.6 is 11.6 Å². The number of aryl methyl sites for hydroxylation is 4. The fraction of sp³-hybridized carbons (Fsp3) is 0.227. The van der Waals surface area contributed by atoms with Gasteiger partial charge in [-0.05, 0) is 57.0 Å². The maximum atomic E-state index is 12.6. The van der Waals surface area contributed by atoms with Crippen molar-refractivity contribution in [1.29, 1.82) is 0 Å². The molecule has 7 heteroatoms. The van der Waals surface area contributed by atoms with Crippen LogP contribution in [-0.2, 0) is 11.2 Å². The molecule has 1 amide bonds. The molecule has 148 valence electrons. The zero-order valence-electron chi connectivity index (χ0n) is 16.5. The quantitative estimate of drug-likeness (QED) is 0.480. The molecule has 0 radical (unpaired) electrons. The Hall–Kier alpha value is -3.12. The zero-order valence-corrected chi connectivity index (χ0v) is 17.2. The van der Waals surface area contributed by atoms with Gasteiger partial charge < -0.3 is 14.2 Å². The molecule has 0 fully saturated rings. The van der Waals surface area contributed by atoms with Crippen molar-refractivity contribution in [2.45, 2.75) is 34.1 Å². The van der Waals surface area contributed by atoms with Gasteiger partial charge in [0.1, 0.15) is 22.7 Å². The molecule has 4 rings (SSSR count). The highest BCUT2D eigenvalue weighted by Crippen LogP contribution is 2.34. The van der Waals surface area contributed by atoms with E-state index >= 15 is 0 Å². The number of hydrogen-bond acceptors (Lipinski definition) is 5. The van der Waals surface area contributed by atoms with Gasteiger partial charge in [0.2, 0.25) is 5.91 Å². The molecule has 0 spiro atoms. The standard InChI is InChI=1S/C22H19ClN2O4/c1-10-13(4)28-20-12(3)21-16(7-15(10)20)11(2)17(22(27)29-21)8-19(26)25-18-6-5-14(23)9-24-18/h5-7,9H,8H2,1-4H3,(H,24,25,26). The van der Waals surface area contributed by atoms with E-state index in [0.717, 1.165) is 33.2 Å². The van der Waals surface area contributed by atoms with Gasteiger partial charge in [0.25, 0.3) is 0 Å². The number of benzene rings is 1. The van der Waals surface area contributed by atoms with Crippen molar-refractivity contribution in [3.05, 3.63) is 67.9 Å². The van der Waals surface area contributed by atoms with Gasteiger partial charge in [-0.15, -0.1) is 0 Å². The first kappa shape index (κ1) is 19.2. The molecule has 0 aliphatic carbocycles. The molecule has 1 N–H and O–H groups in total. The van der Waals surface area contributed by atoms with Crippen LogP contribution in [0.5, 0.6) is 0 Å². The summed E-state index contributed by atoms with van der Waals surface area (Å²) >= 11 is 5.81. The summed E-state index contributed by atoms with van der Waals surface area (Å²) in [5, 5.41) is 4.92. The van der Waals surface area contributed by atoms with E-state index in [2.05, 4.69) is 10.3 Å². The highest BCUT2D eigenvalue weighted by Gasteiger charge is 2.20. The number of halogens is 1. The summed E-state index contributed by atoms with van der Waals surface area (Å²) in [5.41, 5.74) is 3.53. The van der Waals surface area contributed by atoms with Crippen molar-refractivity contribution >= 4 is 45.3 Å². The smallest absolute Gasteiger partial charge is 0.340 e. The molecule has 0 unspecified atom stereocenters. The Morgan fingerprint density at radius 3 is 2.41 bits per heavy atom. The lowest BCUT2D eigenvalue weighted by molar-refractivity contribution is -0.115. The molecule has 1 aromatic carbocycles. The maximum absolute atomic E-state index is 12.6. The molecular weight excluding hydrogens is 392 g/mol. The summed E-state index contributed by atoms with van der Waals surface area (Å²) < 4.78 is 11.4. The number of nitrogens with zero attached hydrogens (tertiary/aromatic N) is 1. The van der Waals surface area contributed by atoms with Crippen molar-refractivity contribution in [1.82, 2.24) is 4.98 Å². The van der Waals surface area contributed by atoms with E-state index in [0.29, 0.717) is 27.6 Å². The molecule has 0 aliphatic heterocycles. The van der Waals surface area contributed by atoms with E-state index in [4.69, 9.17) is 20.4 Å². The second kappa shape index (κ2) is 7.04. The Labute approximate surface area is 171 Å². The molecule has 3 aromatic heterocycles. The number of aromatic nitrogens is 1. The SMILES string of the molecule is Cc1oc2c(C)c3oc(=O)c(CC(=O)Nc4ccc(Cl)cn4)c(C)c3cc2c1C. The molecule has 4 aromatic rings. The Kier molecular flexibility index (Phi) is 4.67. The largest absolute Gasteiger partial charge is 0.461 e. The number of furan rings is 1. The number of nitrogens with one attached hydrogen (secondary N) is 1. The average Bonchev–Trinajstić information content (AvgIpc) is 2.97. The van der Waals surface area contributed by atoms with Gasteiger partial charge in [-0.25, -0.2) is 9.78 Å². The van der Waals surface area contributed by atoms with Crippen LogP contribution in [0.2, 0.25) is 5.02 Å². The summed E-state index contributed by atoms with van der Waals surface area (Å²) in [7, 11) is 0. The van der Waals surface area contributed by atoms with Gasteiger partial charge >= 0.3 is 5.63 Å². The topological polar surface area (TPSA) is 85.3 Å². The lowest BCUT2D eigenvalue weighted by Gasteiger charge is -2.10. The normalized spacial score (nSPS) is 11.3. The first-order valence-corrected chi connectivity index (χ1v) is 9.51. The predicted octanol–water partition coefficient (Wildman–Crippen LogP) is 5.00. The van der Waals surface area contributed by atoms with E-state index in [1.54, 1.807) is 12.1 Å². The molecule has 0 saturated heterocycles. The van der Waals surface area contributed by atoms with Gasteiger partial charge in [-0.3, -0.25) is 4.79 Å². The third-order valence-electron chi connectivity index (χ3n) is 5.28. The highest BCUT2D eigenvalue weighted by molar-refractivity contribution is 6.30. The van der Waals surface area contributed by atoms with Crippen LogP contribution in [0, 0.1) is 27.7 Å². The van der Waals surface area contributed by atoms with Crippen LogP contribution in [0.3, 0.4) is 0 Å². The summed E-state index contributed by atoms with van der Waals surface area (Å²) in [6.45, 7) is 7.60. The summed E-state index contributed by atoms with van der Waals surface area (Å²) in [6.07, 6.45) is 1.32. The second-order valence-electron chi connectivity index (χ2n) is 7.12. The molecule has 0 aliphatic rings. The summed E-state index contributed by atoms with van der Waals surface area (Å²) in [4.78, 5) is 29.1. The molecule has 0 atom stereocenters. The number of amides is 1. The lowest BCUT2D eigenvalue weighted by atomic mass is 9.99. The summed E-state index contributed by atoms with van der Waals surface area (Å²) in [6, 6.07) is 5.19. The predicted molar refractivity (Wildman–Crippen MR) is 113 cm³/mol. The molecule has 0 bridgehead atoms. The Morgan fingerprint density at radius 2 is 1.72 bits per heavy atom.